The molecule has 1 aromatic rings. The molecule has 1 aliphatic heterocycles. The van der Waals surface area contributed by atoms with E-state index in [1.807, 2.05) is 0 Å². The topological polar surface area (TPSA) is 75.4 Å². The van der Waals surface area contributed by atoms with E-state index in [2.05, 4.69) is 17.1 Å². The highest BCUT2D eigenvalue weighted by atomic mass is 32.2. The molecule has 1 unspecified atom stereocenters. The zero-order valence-corrected chi connectivity index (χ0v) is 12.0. The van der Waals surface area contributed by atoms with Crippen molar-refractivity contribution in [1.82, 2.24) is 4.90 Å². The van der Waals surface area contributed by atoms with Gasteiger partial charge in [0.25, 0.3) is 0 Å². The van der Waals surface area contributed by atoms with Gasteiger partial charge in [-0.05, 0) is 45.0 Å². The second kappa shape index (κ2) is 5.90. The number of sulfonamides is 1. The third kappa shape index (κ3) is 3.68. The Balaban J connectivity index is 2.03. The van der Waals surface area contributed by atoms with Gasteiger partial charge in [-0.2, -0.15) is 0 Å². The highest BCUT2D eigenvalue weighted by Gasteiger charge is 2.19. The van der Waals surface area contributed by atoms with Crippen LogP contribution in [-0.2, 0) is 10.0 Å². The van der Waals surface area contributed by atoms with Crippen LogP contribution in [0.3, 0.4) is 0 Å². The van der Waals surface area contributed by atoms with Crippen LogP contribution >= 0.6 is 0 Å². The lowest BCUT2D eigenvalue weighted by Crippen LogP contribution is -2.35. The average molecular weight is 283 g/mol. The van der Waals surface area contributed by atoms with Gasteiger partial charge in [0.1, 0.15) is 4.90 Å². The van der Waals surface area contributed by atoms with Crippen molar-refractivity contribution < 1.29 is 8.42 Å². The minimum absolute atomic E-state index is 0.156. The van der Waals surface area contributed by atoms with Crippen LogP contribution < -0.4 is 10.5 Å². The summed E-state index contributed by atoms with van der Waals surface area (Å²) in [6.45, 7) is 5.11. The molecule has 0 aliphatic carbocycles. The maximum absolute atomic E-state index is 11.5. The van der Waals surface area contributed by atoms with E-state index < -0.39 is 10.0 Å². The molecular formula is C13H21N3O2S. The summed E-state index contributed by atoms with van der Waals surface area (Å²) >= 11 is 0. The van der Waals surface area contributed by atoms with Crippen LogP contribution in [0.25, 0.3) is 0 Å². The fourth-order valence-electron chi connectivity index (χ4n) is 2.43. The summed E-state index contributed by atoms with van der Waals surface area (Å²) < 4.78 is 23.0. The summed E-state index contributed by atoms with van der Waals surface area (Å²) in [5.74, 6) is 0. The number of nitrogens with two attached hydrogens (primary N) is 1. The Morgan fingerprint density at radius 3 is 2.58 bits per heavy atom. The molecule has 5 nitrogen and oxygen atoms in total. The van der Waals surface area contributed by atoms with E-state index >= 15 is 0 Å². The molecule has 6 heteroatoms. The number of nitrogens with one attached hydrogen (secondary N) is 1. The lowest BCUT2D eigenvalue weighted by atomic mass is 10.2. The van der Waals surface area contributed by atoms with Gasteiger partial charge in [-0.15, -0.1) is 0 Å². The Kier molecular flexibility index (Phi) is 4.44. The van der Waals surface area contributed by atoms with E-state index in [9.17, 15) is 8.42 Å². The first-order valence-electron chi connectivity index (χ1n) is 6.58. The van der Waals surface area contributed by atoms with Crippen LogP contribution in [0.15, 0.2) is 29.2 Å². The van der Waals surface area contributed by atoms with Gasteiger partial charge in [-0.3, -0.25) is 4.90 Å². The highest BCUT2D eigenvalue weighted by Crippen LogP contribution is 2.20. The summed E-state index contributed by atoms with van der Waals surface area (Å²) in [7, 11) is -3.68. The molecule has 0 bridgehead atoms. The predicted molar refractivity (Wildman–Crippen MR) is 76.6 cm³/mol. The van der Waals surface area contributed by atoms with Crippen LogP contribution in [0.5, 0.6) is 0 Å². The molecule has 19 heavy (non-hydrogen) atoms. The van der Waals surface area contributed by atoms with Gasteiger partial charge in [-0.1, -0.05) is 12.1 Å². The van der Waals surface area contributed by atoms with Gasteiger partial charge in [0.2, 0.25) is 10.0 Å². The molecule has 1 aliphatic rings. The second-order valence-electron chi connectivity index (χ2n) is 5.01. The van der Waals surface area contributed by atoms with Crippen molar-refractivity contribution in [3.05, 3.63) is 24.3 Å². The maximum atomic E-state index is 11.5. The van der Waals surface area contributed by atoms with E-state index in [1.165, 1.54) is 18.9 Å². The zero-order valence-electron chi connectivity index (χ0n) is 11.2. The monoisotopic (exact) mass is 283 g/mol. The van der Waals surface area contributed by atoms with Crippen molar-refractivity contribution in [2.75, 3.05) is 25.0 Å². The Labute approximate surface area is 114 Å². The van der Waals surface area contributed by atoms with Crippen LogP contribution in [0.1, 0.15) is 19.8 Å². The molecule has 0 aromatic heterocycles. The molecule has 1 aromatic carbocycles. The minimum Gasteiger partial charge on any atom is -0.382 e. The van der Waals surface area contributed by atoms with Crippen LogP contribution in [0.2, 0.25) is 0 Å². The second-order valence-corrected chi connectivity index (χ2v) is 6.54. The maximum Gasteiger partial charge on any atom is 0.240 e. The van der Waals surface area contributed by atoms with Gasteiger partial charge in [-0.25, -0.2) is 13.6 Å². The number of para-hydroxylation sites is 1. The molecular weight excluding hydrogens is 262 g/mol. The standard InChI is InChI=1S/C13H21N3O2S/c1-11(16-8-4-5-9-16)10-15-12-6-2-3-7-13(12)19(14,17)18/h2-3,6-7,11,15H,4-5,8-10H2,1H3,(H2,14,17,18). The third-order valence-electron chi connectivity index (χ3n) is 3.55. The van der Waals surface area contributed by atoms with Crippen molar-refractivity contribution in [2.24, 2.45) is 5.14 Å². The smallest absolute Gasteiger partial charge is 0.240 e. The van der Waals surface area contributed by atoms with Crippen molar-refractivity contribution in [3.63, 3.8) is 0 Å². The largest absolute Gasteiger partial charge is 0.382 e. The molecule has 0 amide bonds. The van der Waals surface area contributed by atoms with Gasteiger partial charge in [0.05, 0.1) is 5.69 Å². The lowest BCUT2D eigenvalue weighted by Gasteiger charge is -2.24. The molecule has 1 heterocycles. The highest BCUT2D eigenvalue weighted by molar-refractivity contribution is 7.89. The fourth-order valence-corrected chi connectivity index (χ4v) is 3.14. The van der Waals surface area contributed by atoms with Crippen molar-refractivity contribution >= 4 is 15.7 Å². The van der Waals surface area contributed by atoms with Crippen molar-refractivity contribution in [2.45, 2.75) is 30.7 Å². The van der Waals surface area contributed by atoms with E-state index in [-0.39, 0.29) is 4.90 Å². The van der Waals surface area contributed by atoms with Crippen molar-refractivity contribution in [1.29, 1.82) is 0 Å². The molecule has 0 radical (unpaired) electrons. The van der Waals surface area contributed by atoms with Crippen molar-refractivity contribution in [3.8, 4) is 0 Å². The number of likely N-dealkylation sites (tertiary alicyclic amines) is 1. The Bertz CT molecular complexity index is 524. The summed E-state index contributed by atoms with van der Waals surface area (Å²) in [5, 5.41) is 8.40. The third-order valence-corrected chi connectivity index (χ3v) is 4.51. The first-order chi connectivity index (χ1) is 8.98. The number of nitrogens with zero attached hydrogens (tertiary/aromatic N) is 1. The van der Waals surface area contributed by atoms with Gasteiger partial charge in [0.15, 0.2) is 0 Å². The molecule has 1 atom stereocenters. The summed E-state index contributed by atoms with van der Waals surface area (Å²) in [6, 6.07) is 7.14. The molecule has 1 saturated heterocycles. The predicted octanol–water partition coefficient (Wildman–Crippen LogP) is 1.23. The van der Waals surface area contributed by atoms with Gasteiger partial charge in [0, 0.05) is 12.6 Å². The van der Waals surface area contributed by atoms with Crippen LogP contribution in [0, 0.1) is 0 Å². The minimum atomic E-state index is -3.68. The van der Waals surface area contributed by atoms with E-state index in [0.29, 0.717) is 18.3 Å². The summed E-state index contributed by atoms with van der Waals surface area (Å²) in [4.78, 5) is 2.57. The molecule has 2 rings (SSSR count). The number of rotatable bonds is 5. The van der Waals surface area contributed by atoms with E-state index in [0.717, 1.165) is 13.1 Å². The Morgan fingerprint density at radius 1 is 1.32 bits per heavy atom. The number of hydrogen-bond acceptors (Lipinski definition) is 4. The van der Waals surface area contributed by atoms with Gasteiger partial charge >= 0.3 is 0 Å². The Morgan fingerprint density at radius 2 is 1.95 bits per heavy atom. The fraction of sp³-hybridized carbons (Fsp3) is 0.538. The molecule has 3 N–H and O–H groups in total. The lowest BCUT2D eigenvalue weighted by molar-refractivity contribution is 0.269. The van der Waals surface area contributed by atoms with Crippen LogP contribution in [-0.4, -0.2) is 39.0 Å². The number of anilines is 1. The first-order valence-corrected chi connectivity index (χ1v) is 8.13. The van der Waals surface area contributed by atoms with Gasteiger partial charge < -0.3 is 5.32 Å². The average Bonchev–Trinajstić information content (AvgIpc) is 2.89. The van der Waals surface area contributed by atoms with E-state index in [4.69, 9.17) is 5.14 Å². The summed E-state index contributed by atoms with van der Waals surface area (Å²) in [6.07, 6.45) is 2.50. The SMILES string of the molecule is CC(CNc1ccccc1S(N)(=O)=O)N1CCCC1. The number of benzene rings is 1. The Hall–Kier alpha value is -1.11. The van der Waals surface area contributed by atoms with Crippen LogP contribution in [0.4, 0.5) is 5.69 Å². The molecule has 0 saturated carbocycles. The molecule has 1 fully saturated rings. The first kappa shape index (κ1) is 14.3. The molecule has 0 spiro atoms. The quantitative estimate of drug-likeness (QED) is 0.852. The summed E-state index contributed by atoms with van der Waals surface area (Å²) in [5.41, 5.74) is 0.580. The molecule has 106 valence electrons. The number of primary sulfonamides is 1. The van der Waals surface area contributed by atoms with E-state index in [1.54, 1.807) is 18.2 Å². The zero-order chi connectivity index (χ0) is 13.9. The normalized spacial score (nSPS) is 18.4. The number of hydrogen-bond donors (Lipinski definition) is 2.